The molecule has 0 saturated heterocycles. The van der Waals surface area contributed by atoms with Gasteiger partial charge in [0.2, 0.25) is 0 Å². The van der Waals surface area contributed by atoms with Gasteiger partial charge >= 0.3 is 5.97 Å². The van der Waals surface area contributed by atoms with Crippen molar-refractivity contribution in [3.05, 3.63) is 32.8 Å². The van der Waals surface area contributed by atoms with Crippen LogP contribution in [0, 0.1) is 5.92 Å². The van der Waals surface area contributed by atoms with Crippen LogP contribution in [-0.4, -0.2) is 28.0 Å². The van der Waals surface area contributed by atoms with Crippen LogP contribution in [-0.2, 0) is 4.79 Å². The third kappa shape index (κ3) is 3.29. The molecule has 112 valence electrons. The fourth-order valence-electron chi connectivity index (χ4n) is 2.04. The summed E-state index contributed by atoms with van der Waals surface area (Å²) in [6.45, 7) is 3.50. The summed E-state index contributed by atoms with van der Waals surface area (Å²) < 4.78 is 1.69. The van der Waals surface area contributed by atoms with Crippen molar-refractivity contribution in [2.45, 2.75) is 19.9 Å². The second kappa shape index (κ2) is 6.19. The summed E-state index contributed by atoms with van der Waals surface area (Å²) in [7, 11) is 0. The molecule has 7 heteroatoms. The number of aliphatic carboxylic acids is 1. The van der Waals surface area contributed by atoms with Gasteiger partial charge in [0.1, 0.15) is 6.04 Å². The van der Waals surface area contributed by atoms with Crippen LogP contribution in [0.15, 0.2) is 27.3 Å². The second-order valence-corrected chi connectivity index (χ2v) is 6.76. The van der Waals surface area contributed by atoms with Crippen LogP contribution in [0.4, 0.5) is 0 Å². The topological polar surface area (TPSA) is 82.2 Å². The van der Waals surface area contributed by atoms with E-state index in [1.165, 1.54) is 0 Å². The molecule has 0 bridgehead atoms. The molecule has 0 aliphatic rings. The SMILES string of the molecule is CC(C)[C@H](NC(=O)c1c[nH]c2cc(Br)c(Br)cc12)C(=O)O. The van der Waals surface area contributed by atoms with E-state index >= 15 is 0 Å². The molecule has 0 fully saturated rings. The maximum Gasteiger partial charge on any atom is 0.326 e. The Morgan fingerprint density at radius 1 is 1.24 bits per heavy atom. The number of halogens is 2. The Balaban J connectivity index is 2.36. The van der Waals surface area contributed by atoms with E-state index in [2.05, 4.69) is 42.2 Å². The van der Waals surface area contributed by atoms with Gasteiger partial charge in [-0.2, -0.15) is 0 Å². The van der Waals surface area contributed by atoms with Gasteiger partial charge in [-0.1, -0.05) is 13.8 Å². The van der Waals surface area contributed by atoms with Gasteiger partial charge in [-0.15, -0.1) is 0 Å². The van der Waals surface area contributed by atoms with Crippen molar-refractivity contribution < 1.29 is 14.7 Å². The number of carbonyl (C=O) groups is 2. The van der Waals surface area contributed by atoms with Crippen LogP contribution in [0.1, 0.15) is 24.2 Å². The molecule has 0 radical (unpaired) electrons. The van der Waals surface area contributed by atoms with E-state index in [0.717, 1.165) is 19.8 Å². The number of fused-ring (bicyclic) bond motifs is 1. The molecule has 2 aromatic rings. The molecule has 0 saturated carbocycles. The molecule has 1 atom stereocenters. The molecule has 0 aliphatic carbocycles. The summed E-state index contributed by atoms with van der Waals surface area (Å²) in [5, 5.41) is 12.4. The first-order valence-electron chi connectivity index (χ1n) is 6.31. The summed E-state index contributed by atoms with van der Waals surface area (Å²) in [6, 6.07) is 2.75. The Labute approximate surface area is 138 Å². The van der Waals surface area contributed by atoms with Gasteiger partial charge < -0.3 is 15.4 Å². The quantitative estimate of drug-likeness (QED) is 0.711. The van der Waals surface area contributed by atoms with E-state index in [0.29, 0.717) is 5.56 Å². The fraction of sp³-hybridized carbons (Fsp3) is 0.286. The van der Waals surface area contributed by atoms with E-state index in [1.54, 1.807) is 20.0 Å². The normalized spacial score (nSPS) is 12.6. The van der Waals surface area contributed by atoms with Gasteiger partial charge in [0.25, 0.3) is 5.91 Å². The first kappa shape index (κ1) is 16.0. The largest absolute Gasteiger partial charge is 0.480 e. The number of aromatic amines is 1. The van der Waals surface area contributed by atoms with Crippen molar-refractivity contribution in [2.24, 2.45) is 5.92 Å². The number of rotatable bonds is 4. The number of carbonyl (C=O) groups excluding carboxylic acids is 1. The van der Waals surface area contributed by atoms with Gasteiger partial charge in [0.15, 0.2) is 0 Å². The molecule has 1 aromatic heterocycles. The van der Waals surface area contributed by atoms with Crippen molar-refractivity contribution in [1.82, 2.24) is 10.3 Å². The lowest BCUT2D eigenvalue weighted by molar-refractivity contribution is -0.140. The van der Waals surface area contributed by atoms with Gasteiger partial charge in [-0.3, -0.25) is 4.79 Å². The Kier molecular flexibility index (Phi) is 4.73. The van der Waals surface area contributed by atoms with Crippen LogP contribution >= 0.6 is 31.9 Å². The number of nitrogens with one attached hydrogen (secondary N) is 2. The number of carboxylic acid groups (broad SMARTS) is 1. The molecular formula is C14H14Br2N2O3. The number of benzene rings is 1. The lowest BCUT2D eigenvalue weighted by atomic mass is 10.0. The third-order valence-corrected chi connectivity index (χ3v) is 5.03. The molecule has 0 aliphatic heterocycles. The van der Waals surface area contributed by atoms with Gasteiger partial charge in [-0.25, -0.2) is 4.79 Å². The van der Waals surface area contributed by atoms with Crippen molar-refractivity contribution in [2.75, 3.05) is 0 Å². The first-order valence-corrected chi connectivity index (χ1v) is 7.89. The maximum absolute atomic E-state index is 12.3. The maximum atomic E-state index is 12.3. The van der Waals surface area contributed by atoms with E-state index in [1.807, 2.05) is 12.1 Å². The lowest BCUT2D eigenvalue weighted by Crippen LogP contribution is -2.44. The van der Waals surface area contributed by atoms with Crippen molar-refractivity contribution in [3.63, 3.8) is 0 Å². The summed E-state index contributed by atoms with van der Waals surface area (Å²) >= 11 is 6.79. The zero-order valence-corrected chi connectivity index (χ0v) is 14.6. The lowest BCUT2D eigenvalue weighted by Gasteiger charge is -2.17. The Hall–Kier alpha value is -1.34. The number of hydrogen-bond donors (Lipinski definition) is 3. The number of aromatic nitrogens is 1. The van der Waals surface area contributed by atoms with Crippen LogP contribution in [0.2, 0.25) is 0 Å². The van der Waals surface area contributed by atoms with Crippen LogP contribution in [0.5, 0.6) is 0 Å². The van der Waals surface area contributed by atoms with Crippen molar-refractivity contribution >= 4 is 54.6 Å². The molecule has 1 aromatic carbocycles. The predicted octanol–water partition coefficient (Wildman–Crippen LogP) is 3.53. The predicted molar refractivity (Wildman–Crippen MR) is 87.4 cm³/mol. The first-order chi connectivity index (χ1) is 9.81. The van der Waals surface area contributed by atoms with Crippen molar-refractivity contribution in [1.29, 1.82) is 0 Å². The Morgan fingerprint density at radius 3 is 2.43 bits per heavy atom. The minimum Gasteiger partial charge on any atom is -0.480 e. The highest BCUT2D eigenvalue weighted by Crippen LogP contribution is 2.30. The van der Waals surface area contributed by atoms with E-state index < -0.39 is 17.9 Å². The van der Waals surface area contributed by atoms with E-state index in [-0.39, 0.29) is 5.92 Å². The van der Waals surface area contributed by atoms with Crippen LogP contribution in [0.3, 0.4) is 0 Å². The summed E-state index contributed by atoms with van der Waals surface area (Å²) in [5.41, 5.74) is 1.22. The van der Waals surface area contributed by atoms with Crippen molar-refractivity contribution in [3.8, 4) is 0 Å². The number of hydrogen-bond acceptors (Lipinski definition) is 2. The standard InChI is InChI=1S/C14H14Br2N2O3/c1-6(2)12(14(20)21)18-13(19)8-5-17-11-4-10(16)9(15)3-7(8)11/h3-6,12,17H,1-2H3,(H,18,19)(H,20,21)/t12-/m0/s1. The summed E-state index contributed by atoms with van der Waals surface area (Å²) in [6.07, 6.45) is 1.58. The van der Waals surface area contributed by atoms with E-state index in [9.17, 15) is 9.59 Å². The van der Waals surface area contributed by atoms with Crippen LogP contribution < -0.4 is 5.32 Å². The highest BCUT2D eigenvalue weighted by Gasteiger charge is 2.25. The number of amides is 1. The average molecular weight is 418 g/mol. The summed E-state index contributed by atoms with van der Waals surface area (Å²) in [4.78, 5) is 26.5. The number of carboxylic acids is 1. The zero-order chi connectivity index (χ0) is 15.7. The number of H-pyrrole nitrogens is 1. The highest BCUT2D eigenvalue weighted by molar-refractivity contribution is 9.13. The molecule has 3 N–H and O–H groups in total. The minimum atomic E-state index is -1.04. The second-order valence-electron chi connectivity index (χ2n) is 5.05. The Bertz CT molecular complexity index is 710. The minimum absolute atomic E-state index is 0.197. The molecule has 1 heterocycles. The highest BCUT2D eigenvalue weighted by atomic mass is 79.9. The summed E-state index contributed by atoms with van der Waals surface area (Å²) in [5.74, 6) is -1.64. The monoisotopic (exact) mass is 416 g/mol. The zero-order valence-electron chi connectivity index (χ0n) is 11.4. The fourth-order valence-corrected chi connectivity index (χ4v) is 2.72. The molecule has 21 heavy (non-hydrogen) atoms. The molecule has 5 nitrogen and oxygen atoms in total. The Morgan fingerprint density at radius 2 is 1.86 bits per heavy atom. The molecule has 0 unspecified atom stereocenters. The molecular weight excluding hydrogens is 404 g/mol. The molecule has 1 amide bonds. The smallest absolute Gasteiger partial charge is 0.326 e. The van der Waals surface area contributed by atoms with E-state index in [4.69, 9.17) is 5.11 Å². The molecule has 2 rings (SSSR count). The molecule has 0 spiro atoms. The van der Waals surface area contributed by atoms with Gasteiger partial charge in [0.05, 0.1) is 5.56 Å². The van der Waals surface area contributed by atoms with Gasteiger partial charge in [0, 0.05) is 26.0 Å². The van der Waals surface area contributed by atoms with Gasteiger partial charge in [-0.05, 0) is 49.9 Å². The average Bonchev–Trinajstić information content (AvgIpc) is 2.78. The third-order valence-electron chi connectivity index (χ3n) is 3.19. The van der Waals surface area contributed by atoms with Crippen LogP contribution in [0.25, 0.3) is 10.9 Å².